The van der Waals surface area contributed by atoms with Gasteiger partial charge in [-0.25, -0.2) is 10.1 Å². The Labute approximate surface area is 134 Å². The van der Waals surface area contributed by atoms with Crippen molar-refractivity contribution < 1.29 is 4.92 Å². The van der Waals surface area contributed by atoms with Crippen molar-refractivity contribution in [2.75, 3.05) is 5.32 Å². The molecule has 0 saturated heterocycles. The van der Waals surface area contributed by atoms with Gasteiger partial charge in [0.15, 0.2) is 0 Å². The average Bonchev–Trinajstić information content (AvgIpc) is 3.23. The number of nitrogens with zero attached hydrogens (tertiary/aromatic N) is 5. The number of non-ortho nitro benzene ring substituents is 1. The van der Waals surface area contributed by atoms with Crippen LogP contribution in [0, 0.1) is 10.1 Å². The van der Waals surface area contributed by atoms with Crippen LogP contribution in [-0.4, -0.2) is 35.5 Å². The van der Waals surface area contributed by atoms with E-state index in [0.29, 0.717) is 17.3 Å². The van der Waals surface area contributed by atoms with Crippen LogP contribution in [-0.2, 0) is 0 Å². The molecule has 10 heteroatoms. The second kappa shape index (κ2) is 5.43. The maximum absolute atomic E-state index is 10.8. The number of H-pyrrole nitrogens is 2. The van der Waals surface area contributed by atoms with Gasteiger partial charge in [0.05, 0.1) is 16.0 Å². The molecule has 24 heavy (non-hydrogen) atoms. The highest BCUT2D eigenvalue weighted by molar-refractivity contribution is 5.81. The van der Waals surface area contributed by atoms with Crippen LogP contribution in [0.25, 0.3) is 22.4 Å². The lowest BCUT2D eigenvalue weighted by Gasteiger charge is -2.02. The largest absolute Gasteiger partial charge is 0.338 e. The molecule has 10 nitrogen and oxygen atoms in total. The molecule has 0 aliphatic rings. The molecular formula is C14H10N8O2. The Kier molecular flexibility index (Phi) is 3.12. The summed E-state index contributed by atoms with van der Waals surface area (Å²) in [6.07, 6.45) is 0. The Morgan fingerprint density at radius 1 is 1.12 bits per heavy atom. The first-order valence-corrected chi connectivity index (χ1v) is 6.94. The highest BCUT2D eigenvalue weighted by Crippen LogP contribution is 2.25. The fourth-order valence-electron chi connectivity index (χ4n) is 2.30. The lowest BCUT2D eigenvalue weighted by atomic mass is 10.2. The summed E-state index contributed by atoms with van der Waals surface area (Å²) in [7, 11) is 0. The van der Waals surface area contributed by atoms with Gasteiger partial charge < -0.3 is 10.3 Å². The SMILES string of the molecule is O=[N+]([O-])c1ccc2[nH]c(-c3ccc(Nc4nnn[nH]4)cc3)nc2c1. The molecule has 4 aromatic rings. The number of rotatable bonds is 4. The van der Waals surface area contributed by atoms with Gasteiger partial charge in [-0.1, -0.05) is 5.10 Å². The Morgan fingerprint density at radius 2 is 1.96 bits per heavy atom. The van der Waals surface area contributed by atoms with Crippen molar-refractivity contribution in [3.63, 3.8) is 0 Å². The molecule has 0 aliphatic heterocycles. The molecular weight excluding hydrogens is 312 g/mol. The van der Waals surface area contributed by atoms with E-state index in [1.165, 1.54) is 12.1 Å². The maximum atomic E-state index is 10.8. The summed E-state index contributed by atoms with van der Waals surface area (Å²) in [6.45, 7) is 0. The van der Waals surface area contributed by atoms with E-state index >= 15 is 0 Å². The summed E-state index contributed by atoms with van der Waals surface area (Å²) in [4.78, 5) is 18.0. The minimum absolute atomic E-state index is 0.0146. The predicted octanol–water partition coefficient (Wildman–Crippen LogP) is 2.39. The first kappa shape index (κ1) is 13.8. The summed E-state index contributed by atoms with van der Waals surface area (Å²) >= 11 is 0. The third kappa shape index (κ3) is 2.52. The Bertz CT molecular complexity index is 1010. The number of anilines is 2. The fourth-order valence-corrected chi connectivity index (χ4v) is 2.30. The van der Waals surface area contributed by atoms with Gasteiger partial charge in [0.2, 0.25) is 5.95 Å². The zero-order valence-electron chi connectivity index (χ0n) is 12.1. The first-order valence-electron chi connectivity index (χ1n) is 6.94. The average molecular weight is 322 g/mol. The molecule has 0 spiro atoms. The molecule has 0 aliphatic carbocycles. The summed E-state index contributed by atoms with van der Waals surface area (Å²) in [5.74, 6) is 1.08. The maximum Gasteiger partial charge on any atom is 0.271 e. The van der Waals surface area contributed by atoms with Crippen LogP contribution in [0.1, 0.15) is 0 Å². The number of nitro benzene ring substituents is 1. The van der Waals surface area contributed by atoms with E-state index in [2.05, 4.69) is 35.9 Å². The van der Waals surface area contributed by atoms with E-state index in [0.717, 1.165) is 16.8 Å². The molecule has 2 aromatic carbocycles. The number of nitrogens with one attached hydrogen (secondary N) is 3. The monoisotopic (exact) mass is 322 g/mol. The van der Waals surface area contributed by atoms with Gasteiger partial charge in [0.1, 0.15) is 5.82 Å². The van der Waals surface area contributed by atoms with Crippen molar-refractivity contribution in [1.29, 1.82) is 0 Å². The van der Waals surface area contributed by atoms with E-state index in [4.69, 9.17) is 0 Å². The highest BCUT2D eigenvalue weighted by Gasteiger charge is 2.10. The van der Waals surface area contributed by atoms with Crippen molar-refractivity contribution in [1.82, 2.24) is 30.6 Å². The Balaban J connectivity index is 1.63. The first-order chi connectivity index (χ1) is 11.7. The molecule has 0 saturated carbocycles. The number of aromatic nitrogens is 6. The summed E-state index contributed by atoms with van der Waals surface area (Å²) < 4.78 is 0. The number of imidazole rings is 1. The number of hydrogen-bond donors (Lipinski definition) is 3. The molecule has 0 atom stereocenters. The molecule has 0 bridgehead atoms. The number of fused-ring (bicyclic) bond motifs is 1. The number of benzene rings is 2. The minimum Gasteiger partial charge on any atom is -0.338 e. The molecule has 2 heterocycles. The topological polar surface area (TPSA) is 138 Å². The Morgan fingerprint density at radius 3 is 2.67 bits per heavy atom. The molecule has 2 aromatic heterocycles. The van der Waals surface area contributed by atoms with E-state index in [1.54, 1.807) is 6.07 Å². The minimum atomic E-state index is -0.438. The van der Waals surface area contributed by atoms with Crippen LogP contribution in [0.3, 0.4) is 0 Å². The fraction of sp³-hybridized carbons (Fsp3) is 0. The standard InChI is InChI=1S/C14H10N8O2/c23-22(24)10-5-6-11-12(7-10)17-13(16-11)8-1-3-9(4-2-8)15-14-18-20-21-19-14/h1-7H,(H,16,17)(H2,15,18,19,20,21). The predicted molar refractivity (Wildman–Crippen MR) is 85.6 cm³/mol. The number of nitro groups is 1. The van der Waals surface area contributed by atoms with E-state index in [-0.39, 0.29) is 5.69 Å². The number of tetrazole rings is 1. The molecule has 0 unspecified atom stereocenters. The zero-order chi connectivity index (χ0) is 16.5. The summed E-state index contributed by atoms with van der Waals surface area (Å²) in [5.41, 5.74) is 2.97. The zero-order valence-corrected chi connectivity index (χ0v) is 12.1. The molecule has 0 radical (unpaired) electrons. The van der Waals surface area contributed by atoms with Gasteiger partial charge in [0, 0.05) is 23.4 Å². The van der Waals surface area contributed by atoms with E-state index in [9.17, 15) is 10.1 Å². The molecule has 0 amide bonds. The van der Waals surface area contributed by atoms with Crippen LogP contribution in [0.5, 0.6) is 0 Å². The van der Waals surface area contributed by atoms with Crippen molar-refractivity contribution >= 4 is 28.4 Å². The second-order valence-corrected chi connectivity index (χ2v) is 5.00. The third-order valence-corrected chi connectivity index (χ3v) is 3.44. The van der Waals surface area contributed by atoms with Crippen molar-refractivity contribution in [3.05, 3.63) is 52.6 Å². The lowest BCUT2D eigenvalue weighted by molar-refractivity contribution is -0.384. The molecule has 4 rings (SSSR count). The van der Waals surface area contributed by atoms with Crippen molar-refractivity contribution in [3.8, 4) is 11.4 Å². The van der Waals surface area contributed by atoms with Crippen molar-refractivity contribution in [2.24, 2.45) is 0 Å². The number of aromatic amines is 2. The lowest BCUT2D eigenvalue weighted by Crippen LogP contribution is -1.92. The van der Waals surface area contributed by atoms with Gasteiger partial charge in [-0.2, -0.15) is 0 Å². The normalized spacial score (nSPS) is 10.8. The van der Waals surface area contributed by atoms with Gasteiger partial charge in [-0.05, 0) is 40.8 Å². The quantitative estimate of drug-likeness (QED) is 0.387. The van der Waals surface area contributed by atoms with Crippen LogP contribution < -0.4 is 5.32 Å². The van der Waals surface area contributed by atoms with Crippen LogP contribution >= 0.6 is 0 Å². The van der Waals surface area contributed by atoms with Gasteiger partial charge in [-0.3, -0.25) is 10.1 Å². The second-order valence-electron chi connectivity index (χ2n) is 5.00. The van der Waals surface area contributed by atoms with Crippen molar-refractivity contribution in [2.45, 2.75) is 0 Å². The van der Waals surface area contributed by atoms with Crippen LogP contribution in [0.15, 0.2) is 42.5 Å². The van der Waals surface area contributed by atoms with Crippen LogP contribution in [0.4, 0.5) is 17.3 Å². The summed E-state index contributed by atoms with van der Waals surface area (Å²) in [6, 6.07) is 12.0. The van der Waals surface area contributed by atoms with Gasteiger partial charge in [0.25, 0.3) is 5.69 Å². The molecule has 118 valence electrons. The third-order valence-electron chi connectivity index (χ3n) is 3.44. The van der Waals surface area contributed by atoms with Gasteiger partial charge in [-0.15, -0.1) is 0 Å². The Hall–Kier alpha value is -3.82. The molecule has 0 fully saturated rings. The van der Waals surface area contributed by atoms with E-state index < -0.39 is 4.92 Å². The van der Waals surface area contributed by atoms with Crippen LogP contribution in [0.2, 0.25) is 0 Å². The van der Waals surface area contributed by atoms with Gasteiger partial charge >= 0.3 is 0 Å². The van der Waals surface area contributed by atoms with E-state index in [1.807, 2.05) is 24.3 Å². The molecule has 3 N–H and O–H groups in total. The summed E-state index contributed by atoms with van der Waals surface area (Å²) in [5, 5.41) is 27.2. The smallest absolute Gasteiger partial charge is 0.271 e. The number of hydrogen-bond acceptors (Lipinski definition) is 7. The highest BCUT2D eigenvalue weighted by atomic mass is 16.6.